The normalized spacial score (nSPS) is 11.6. The first kappa shape index (κ1) is 22.7. The molecule has 128 valence electrons. The average molecular weight is 304 g/mol. The molecule has 0 radical (unpaired) electrons. The van der Waals surface area contributed by atoms with Crippen LogP contribution in [0.25, 0.3) is 0 Å². The van der Waals surface area contributed by atoms with Gasteiger partial charge in [-0.2, -0.15) is 0 Å². The van der Waals surface area contributed by atoms with Crippen LogP contribution < -0.4 is 0 Å². The number of carboxylic acid groups (broad SMARTS) is 1. The molecule has 0 aliphatic carbocycles. The number of unbranched alkanes of at least 4 members (excludes halogenated alkanes) is 11. The predicted octanol–water partition coefficient (Wildman–Crippen LogP) is 4.13. The van der Waals surface area contributed by atoms with Crippen molar-refractivity contribution in [3.05, 3.63) is 0 Å². The molecule has 0 aromatic carbocycles. The van der Waals surface area contributed by atoms with E-state index in [0.717, 1.165) is 6.42 Å². The van der Waals surface area contributed by atoms with Gasteiger partial charge in [-0.1, -0.05) is 77.6 Å². The van der Waals surface area contributed by atoms with E-state index in [1.165, 1.54) is 77.6 Å². The van der Waals surface area contributed by atoms with Crippen LogP contribution in [-0.4, -0.2) is 34.0 Å². The summed E-state index contributed by atoms with van der Waals surface area (Å²) in [4.78, 5) is 9.45. The molecule has 3 N–H and O–H groups in total. The molecule has 0 saturated heterocycles. The fourth-order valence-electron chi connectivity index (χ4n) is 1.95. The van der Waals surface area contributed by atoms with E-state index in [1.807, 2.05) is 0 Å². The molecule has 0 fully saturated rings. The standard InChI is InChI=1S/C14H30O.C3H6O3/c1-2-3-4-5-6-7-8-9-10-11-12-13-14-15;1-2(4)3(5)6/h15H,2-14H2,1H3;2,4H,1H3,(H,5,6). The molecule has 0 aliphatic heterocycles. The third-order valence-electron chi connectivity index (χ3n) is 3.37. The number of carboxylic acids is 1. The van der Waals surface area contributed by atoms with Gasteiger partial charge in [-0.25, -0.2) is 4.79 Å². The van der Waals surface area contributed by atoms with Crippen molar-refractivity contribution in [3.63, 3.8) is 0 Å². The van der Waals surface area contributed by atoms with Crippen molar-refractivity contribution >= 4 is 5.97 Å². The lowest BCUT2D eigenvalue weighted by atomic mass is 10.1. The summed E-state index contributed by atoms with van der Waals surface area (Å²) in [5.74, 6) is -1.19. The van der Waals surface area contributed by atoms with Gasteiger partial charge in [0.25, 0.3) is 0 Å². The summed E-state index contributed by atoms with van der Waals surface area (Å²) in [5.41, 5.74) is 0. The lowest BCUT2D eigenvalue weighted by molar-refractivity contribution is -0.145. The first-order valence-electron chi connectivity index (χ1n) is 8.58. The minimum atomic E-state index is -1.23. The van der Waals surface area contributed by atoms with Crippen molar-refractivity contribution in [2.24, 2.45) is 0 Å². The van der Waals surface area contributed by atoms with Crippen molar-refractivity contribution in [3.8, 4) is 0 Å². The molecule has 4 heteroatoms. The Morgan fingerprint density at radius 2 is 1.10 bits per heavy atom. The van der Waals surface area contributed by atoms with Gasteiger partial charge in [-0.05, 0) is 13.3 Å². The van der Waals surface area contributed by atoms with Gasteiger partial charge in [0, 0.05) is 6.61 Å². The summed E-state index contributed by atoms with van der Waals surface area (Å²) in [6, 6.07) is 0. The Balaban J connectivity index is 0. The molecule has 0 aromatic rings. The maximum atomic E-state index is 9.45. The van der Waals surface area contributed by atoms with E-state index in [9.17, 15) is 4.79 Å². The first-order chi connectivity index (χ1) is 10.1. The molecule has 1 unspecified atom stereocenters. The SMILES string of the molecule is CC(O)C(=O)O.CCCCCCCCCCCCCCO. The second kappa shape index (κ2) is 19.4. The topological polar surface area (TPSA) is 77.8 Å². The summed E-state index contributed by atoms with van der Waals surface area (Å²) in [5, 5.41) is 24.4. The van der Waals surface area contributed by atoms with Crippen LogP contribution in [0.4, 0.5) is 0 Å². The van der Waals surface area contributed by atoms with Gasteiger partial charge in [0.05, 0.1) is 0 Å². The van der Waals surface area contributed by atoms with Crippen molar-refractivity contribution in [1.29, 1.82) is 0 Å². The lowest BCUT2D eigenvalue weighted by Gasteiger charge is -2.01. The number of aliphatic hydroxyl groups is 2. The van der Waals surface area contributed by atoms with Crippen LogP contribution in [0.15, 0.2) is 0 Å². The zero-order valence-corrected chi connectivity index (χ0v) is 14.0. The van der Waals surface area contributed by atoms with Crippen LogP contribution in [0.2, 0.25) is 0 Å². The summed E-state index contributed by atoms with van der Waals surface area (Å²) in [6.07, 6.45) is 15.0. The third-order valence-corrected chi connectivity index (χ3v) is 3.37. The van der Waals surface area contributed by atoms with Gasteiger partial charge in [0.1, 0.15) is 6.10 Å². The van der Waals surface area contributed by atoms with Gasteiger partial charge in [0.15, 0.2) is 0 Å². The van der Waals surface area contributed by atoms with Gasteiger partial charge in [0.2, 0.25) is 0 Å². The predicted molar refractivity (Wildman–Crippen MR) is 87.5 cm³/mol. The van der Waals surface area contributed by atoms with Gasteiger partial charge in [-0.15, -0.1) is 0 Å². The highest BCUT2D eigenvalue weighted by atomic mass is 16.4. The molecule has 0 spiro atoms. The number of hydrogen-bond acceptors (Lipinski definition) is 3. The first-order valence-corrected chi connectivity index (χ1v) is 8.58. The monoisotopic (exact) mass is 304 g/mol. The van der Waals surface area contributed by atoms with E-state index in [1.54, 1.807) is 0 Å². The molecular weight excluding hydrogens is 268 g/mol. The Morgan fingerprint density at radius 1 is 0.810 bits per heavy atom. The van der Waals surface area contributed by atoms with Crippen LogP contribution in [0.1, 0.15) is 90.9 Å². The molecular formula is C17H36O4. The minimum Gasteiger partial charge on any atom is -0.479 e. The molecule has 0 rings (SSSR count). The molecule has 1 atom stereocenters. The van der Waals surface area contributed by atoms with Gasteiger partial charge >= 0.3 is 5.97 Å². The van der Waals surface area contributed by atoms with Crippen molar-refractivity contribution in [1.82, 2.24) is 0 Å². The summed E-state index contributed by atoms with van der Waals surface area (Å²) in [6.45, 7) is 3.84. The molecule has 4 nitrogen and oxygen atoms in total. The van der Waals surface area contributed by atoms with Crippen molar-refractivity contribution in [2.75, 3.05) is 6.61 Å². The Morgan fingerprint density at radius 3 is 1.33 bits per heavy atom. The van der Waals surface area contributed by atoms with Gasteiger partial charge < -0.3 is 15.3 Å². The zero-order valence-electron chi connectivity index (χ0n) is 14.0. The van der Waals surface area contributed by atoms with E-state index in [0.29, 0.717) is 6.61 Å². The number of aliphatic carboxylic acids is 1. The van der Waals surface area contributed by atoms with E-state index >= 15 is 0 Å². The largest absolute Gasteiger partial charge is 0.479 e. The summed E-state index contributed by atoms with van der Waals surface area (Å²) >= 11 is 0. The fraction of sp³-hybridized carbons (Fsp3) is 0.941. The van der Waals surface area contributed by atoms with Crippen LogP contribution >= 0.6 is 0 Å². The smallest absolute Gasteiger partial charge is 0.332 e. The molecule has 0 aromatic heterocycles. The second-order valence-corrected chi connectivity index (χ2v) is 5.63. The molecule has 21 heavy (non-hydrogen) atoms. The van der Waals surface area contributed by atoms with Crippen molar-refractivity contribution < 1.29 is 20.1 Å². The quantitative estimate of drug-likeness (QED) is 0.447. The van der Waals surface area contributed by atoms with E-state index in [2.05, 4.69) is 6.92 Å². The summed E-state index contributed by atoms with van der Waals surface area (Å²) < 4.78 is 0. The molecule has 0 amide bonds. The van der Waals surface area contributed by atoms with E-state index < -0.39 is 12.1 Å². The zero-order chi connectivity index (χ0) is 16.3. The Kier molecular flexibility index (Phi) is 20.9. The van der Waals surface area contributed by atoms with Gasteiger partial charge in [-0.3, -0.25) is 0 Å². The molecule has 0 saturated carbocycles. The molecule has 0 aliphatic rings. The maximum Gasteiger partial charge on any atom is 0.332 e. The highest BCUT2D eigenvalue weighted by Crippen LogP contribution is 2.11. The van der Waals surface area contributed by atoms with Crippen LogP contribution in [0, 0.1) is 0 Å². The van der Waals surface area contributed by atoms with E-state index in [4.69, 9.17) is 15.3 Å². The van der Waals surface area contributed by atoms with Crippen LogP contribution in [0.5, 0.6) is 0 Å². The Hall–Kier alpha value is -0.610. The van der Waals surface area contributed by atoms with Crippen LogP contribution in [-0.2, 0) is 4.79 Å². The van der Waals surface area contributed by atoms with Crippen molar-refractivity contribution in [2.45, 2.75) is 97.0 Å². The van der Waals surface area contributed by atoms with Crippen LogP contribution in [0.3, 0.4) is 0 Å². The molecule has 0 bridgehead atoms. The molecule has 0 heterocycles. The highest BCUT2D eigenvalue weighted by molar-refractivity contribution is 5.71. The van der Waals surface area contributed by atoms with E-state index in [-0.39, 0.29) is 0 Å². The number of aliphatic hydroxyl groups excluding tert-OH is 2. The minimum absolute atomic E-state index is 0.372. The highest BCUT2D eigenvalue weighted by Gasteiger charge is 2.01. The lowest BCUT2D eigenvalue weighted by Crippen LogP contribution is -2.13. The number of carbonyl (C=O) groups is 1. The Labute approximate surface area is 130 Å². The number of hydrogen-bond donors (Lipinski definition) is 3. The Bertz CT molecular complexity index is 193. The fourth-order valence-corrected chi connectivity index (χ4v) is 1.95. The second-order valence-electron chi connectivity index (χ2n) is 5.63. The third kappa shape index (κ3) is 24.8. The number of rotatable bonds is 13. The maximum absolute atomic E-state index is 9.45. The average Bonchev–Trinajstić information content (AvgIpc) is 2.45. The summed E-state index contributed by atoms with van der Waals surface area (Å²) in [7, 11) is 0.